The van der Waals surface area contributed by atoms with Crippen LogP contribution in [-0.4, -0.2) is 16.9 Å². The van der Waals surface area contributed by atoms with Crippen LogP contribution in [0.1, 0.15) is 43.5 Å². The molecule has 0 aliphatic rings. The maximum Gasteiger partial charge on any atom is 0.293 e. The summed E-state index contributed by atoms with van der Waals surface area (Å²) in [6.07, 6.45) is 3.01. The van der Waals surface area contributed by atoms with Gasteiger partial charge in [0.15, 0.2) is 0 Å². The molecule has 1 aromatic carbocycles. The standard InChI is InChI=1S/C13H20N4O3/c1-3-4-5-9(2)15-13(18)10-6-7-12(17(19)20)11(8-10)16-14/h6-9,16H,3-5,14H2,1-2H3,(H,15,18). The Bertz CT molecular complexity index is 491. The van der Waals surface area contributed by atoms with E-state index < -0.39 is 4.92 Å². The van der Waals surface area contributed by atoms with Crippen molar-refractivity contribution in [1.82, 2.24) is 5.32 Å². The molecule has 1 amide bonds. The second-order valence-electron chi connectivity index (χ2n) is 4.65. The van der Waals surface area contributed by atoms with Crippen LogP contribution in [0, 0.1) is 10.1 Å². The molecule has 0 aliphatic heterocycles. The van der Waals surface area contributed by atoms with Gasteiger partial charge >= 0.3 is 0 Å². The van der Waals surface area contributed by atoms with Crippen molar-refractivity contribution in [1.29, 1.82) is 0 Å². The SMILES string of the molecule is CCCCC(C)NC(=O)c1ccc([N+](=O)[O-])c(NN)c1. The molecule has 0 saturated carbocycles. The zero-order valence-corrected chi connectivity index (χ0v) is 11.7. The number of hydrogen-bond acceptors (Lipinski definition) is 5. The normalized spacial score (nSPS) is 11.8. The summed E-state index contributed by atoms with van der Waals surface area (Å²) in [7, 11) is 0. The van der Waals surface area contributed by atoms with Gasteiger partial charge in [0, 0.05) is 17.7 Å². The van der Waals surface area contributed by atoms with Gasteiger partial charge in [-0.25, -0.2) is 0 Å². The van der Waals surface area contributed by atoms with Gasteiger partial charge in [0.05, 0.1) is 4.92 Å². The first-order valence-corrected chi connectivity index (χ1v) is 6.55. The third-order valence-electron chi connectivity index (χ3n) is 2.98. The van der Waals surface area contributed by atoms with Crippen LogP contribution in [0.2, 0.25) is 0 Å². The molecule has 0 heterocycles. The Morgan fingerprint density at radius 2 is 2.20 bits per heavy atom. The summed E-state index contributed by atoms with van der Waals surface area (Å²) in [5.74, 6) is 4.97. The monoisotopic (exact) mass is 280 g/mol. The molecule has 0 saturated heterocycles. The number of nitrogen functional groups attached to an aromatic ring is 1. The first kappa shape index (κ1) is 15.9. The van der Waals surface area contributed by atoms with Crippen LogP contribution < -0.4 is 16.6 Å². The molecule has 0 radical (unpaired) electrons. The molecule has 0 fully saturated rings. The Morgan fingerprint density at radius 3 is 2.75 bits per heavy atom. The average molecular weight is 280 g/mol. The van der Waals surface area contributed by atoms with Crippen molar-refractivity contribution >= 4 is 17.3 Å². The third kappa shape index (κ3) is 4.20. The summed E-state index contributed by atoms with van der Waals surface area (Å²) in [5.41, 5.74) is 2.53. The van der Waals surface area contributed by atoms with Crippen molar-refractivity contribution in [3.63, 3.8) is 0 Å². The lowest BCUT2D eigenvalue weighted by atomic mass is 10.1. The molecule has 0 spiro atoms. The minimum Gasteiger partial charge on any atom is -0.350 e. The number of carbonyl (C=O) groups excluding carboxylic acids is 1. The summed E-state index contributed by atoms with van der Waals surface area (Å²) in [5, 5.41) is 13.6. The highest BCUT2D eigenvalue weighted by molar-refractivity contribution is 5.96. The van der Waals surface area contributed by atoms with Crippen molar-refractivity contribution in [2.75, 3.05) is 5.43 Å². The molecular weight excluding hydrogens is 260 g/mol. The quantitative estimate of drug-likeness (QED) is 0.403. The van der Waals surface area contributed by atoms with E-state index in [1.54, 1.807) is 0 Å². The lowest BCUT2D eigenvalue weighted by Crippen LogP contribution is -2.32. The molecule has 20 heavy (non-hydrogen) atoms. The molecule has 4 N–H and O–H groups in total. The van der Waals surface area contributed by atoms with Crippen LogP contribution in [0.25, 0.3) is 0 Å². The fraction of sp³-hybridized carbons (Fsp3) is 0.462. The number of carbonyl (C=O) groups is 1. The number of nitrogens with zero attached hydrogens (tertiary/aromatic N) is 1. The van der Waals surface area contributed by atoms with Gasteiger partial charge in [-0.3, -0.25) is 20.8 Å². The van der Waals surface area contributed by atoms with Crippen molar-refractivity contribution < 1.29 is 9.72 Å². The Balaban J connectivity index is 2.81. The van der Waals surface area contributed by atoms with Gasteiger partial charge < -0.3 is 10.7 Å². The van der Waals surface area contributed by atoms with E-state index in [1.165, 1.54) is 18.2 Å². The first-order valence-electron chi connectivity index (χ1n) is 6.55. The van der Waals surface area contributed by atoms with E-state index >= 15 is 0 Å². The van der Waals surface area contributed by atoms with Crippen LogP contribution in [-0.2, 0) is 0 Å². The van der Waals surface area contributed by atoms with E-state index in [-0.39, 0.29) is 23.3 Å². The van der Waals surface area contributed by atoms with Crippen LogP contribution in [0.3, 0.4) is 0 Å². The number of nitrogens with one attached hydrogen (secondary N) is 2. The fourth-order valence-electron chi connectivity index (χ4n) is 1.84. The highest BCUT2D eigenvalue weighted by atomic mass is 16.6. The number of nitro groups is 1. The molecule has 0 bridgehead atoms. The Morgan fingerprint density at radius 1 is 1.50 bits per heavy atom. The van der Waals surface area contributed by atoms with Crippen molar-refractivity contribution in [3.8, 4) is 0 Å². The Kier molecular flexibility index (Phi) is 5.92. The summed E-state index contributed by atoms with van der Waals surface area (Å²) in [4.78, 5) is 22.2. The van der Waals surface area contributed by atoms with Crippen LogP contribution >= 0.6 is 0 Å². The Labute approximate surface area is 117 Å². The average Bonchev–Trinajstić information content (AvgIpc) is 2.44. The van der Waals surface area contributed by atoms with Gasteiger partial charge in [-0.15, -0.1) is 0 Å². The maximum atomic E-state index is 12.0. The third-order valence-corrected chi connectivity index (χ3v) is 2.98. The van der Waals surface area contributed by atoms with Gasteiger partial charge in [-0.1, -0.05) is 19.8 Å². The van der Waals surface area contributed by atoms with Crippen LogP contribution in [0.4, 0.5) is 11.4 Å². The van der Waals surface area contributed by atoms with E-state index in [9.17, 15) is 14.9 Å². The molecule has 110 valence electrons. The van der Waals surface area contributed by atoms with Gasteiger partial charge in [-0.2, -0.15) is 0 Å². The number of unbranched alkanes of at least 4 members (excludes halogenated alkanes) is 1. The van der Waals surface area contributed by atoms with Crippen LogP contribution in [0.15, 0.2) is 18.2 Å². The topological polar surface area (TPSA) is 110 Å². The number of hydrazine groups is 1. The highest BCUT2D eigenvalue weighted by Gasteiger charge is 2.17. The van der Waals surface area contributed by atoms with E-state index in [1.807, 2.05) is 6.92 Å². The number of hydrogen-bond donors (Lipinski definition) is 3. The number of rotatable bonds is 7. The smallest absolute Gasteiger partial charge is 0.293 e. The van der Waals surface area contributed by atoms with E-state index in [2.05, 4.69) is 17.7 Å². The predicted molar refractivity (Wildman–Crippen MR) is 77.4 cm³/mol. The predicted octanol–water partition coefficient (Wildman–Crippen LogP) is 2.19. The van der Waals surface area contributed by atoms with Gasteiger partial charge in [0.1, 0.15) is 5.69 Å². The van der Waals surface area contributed by atoms with Crippen molar-refractivity contribution in [3.05, 3.63) is 33.9 Å². The largest absolute Gasteiger partial charge is 0.350 e. The van der Waals surface area contributed by atoms with Gasteiger partial charge in [0.2, 0.25) is 0 Å². The minimum absolute atomic E-state index is 0.0620. The molecule has 1 atom stereocenters. The van der Waals surface area contributed by atoms with Crippen LogP contribution in [0.5, 0.6) is 0 Å². The molecule has 1 unspecified atom stereocenters. The molecule has 0 aliphatic carbocycles. The maximum absolute atomic E-state index is 12.0. The molecule has 1 aromatic rings. The number of nitrogens with two attached hydrogens (primary N) is 1. The summed E-state index contributed by atoms with van der Waals surface area (Å²) < 4.78 is 0. The lowest BCUT2D eigenvalue weighted by Gasteiger charge is -2.13. The Hall–Kier alpha value is -2.15. The van der Waals surface area contributed by atoms with Gasteiger partial charge in [-0.05, 0) is 25.5 Å². The van der Waals surface area contributed by atoms with E-state index in [0.717, 1.165) is 19.3 Å². The first-order chi connectivity index (χ1) is 9.49. The molecule has 7 nitrogen and oxygen atoms in total. The van der Waals surface area contributed by atoms with Crippen molar-refractivity contribution in [2.24, 2.45) is 5.84 Å². The number of anilines is 1. The van der Waals surface area contributed by atoms with Gasteiger partial charge in [0.25, 0.3) is 11.6 Å². The minimum atomic E-state index is -0.555. The summed E-state index contributed by atoms with van der Waals surface area (Å²) in [6, 6.07) is 4.12. The summed E-state index contributed by atoms with van der Waals surface area (Å²) >= 11 is 0. The second kappa shape index (κ2) is 7.44. The molecule has 0 aromatic heterocycles. The van der Waals surface area contributed by atoms with Crippen molar-refractivity contribution in [2.45, 2.75) is 39.2 Å². The number of amides is 1. The second-order valence-corrected chi connectivity index (χ2v) is 4.65. The van der Waals surface area contributed by atoms with E-state index in [0.29, 0.717) is 5.56 Å². The number of benzene rings is 1. The number of nitro benzene ring substituents is 1. The molecule has 7 heteroatoms. The van der Waals surface area contributed by atoms with E-state index in [4.69, 9.17) is 5.84 Å². The lowest BCUT2D eigenvalue weighted by molar-refractivity contribution is -0.384. The zero-order valence-electron chi connectivity index (χ0n) is 11.7. The zero-order chi connectivity index (χ0) is 15.1. The molecular formula is C13H20N4O3. The highest BCUT2D eigenvalue weighted by Crippen LogP contribution is 2.24. The molecule has 1 rings (SSSR count). The fourth-order valence-corrected chi connectivity index (χ4v) is 1.84. The summed E-state index contributed by atoms with van der Waals surface area (Å²) in [6.45, 7) is 4.02.